The topological polar surface area (TPSA) is 75.0 Å². The van der Waals surface area contributed by atoms with Crippen LogP contribution in [-0.2, 0) is 4.74 Å². The molecular formula is C10H10N2O3. The summed E-state index contributed by atoms with van der Waals surface area (Å²) in [5.74, 6) is -0.439. The summed E-state index contributed by atoms with van der Waals surface area (Å²) < 4.78 is 4.85. The molecule has 0 bridgehead atoms. The summed E-state index contributed by atoms with van der Waals surface area (Å²) >= 11 is 0. The number of rotatable bonds is 2. The lowest BCUT2D eigenvalue weighted by atomic mass is 10.3. The van der Waals surface area contributed by atoms with Gasteiger partial charge in [0.05, 0.1) is 17.6 Å². The minimum absolute atomic E-state index is 0.243. The molecule has 0 aliphatic heterocycles. The maximum atomic E-state index is 11.5. The van der Waals surface area contributed by atoms with E-state index in [4.69, 9.17) is 4.74 Å². The van der Waals surface area contributed by atoms with E-state index in [1.165, 1.54) is 12.3 Å². The van der Waals surface area contributed by atoms with Crippen LogP contribution in [0.15, 0.2) is 23.1 Å². The molecule has 2 aromatic heterocycles. The molecule has 2 heterocycles. The van der Waals surface area contributed by atoms with Crippen molar-refractivity contribution in [1.29, 1.82) is 0 Å². The number of carbonyl (C=O) groups is 1. The Kier molecular flexibility index (Phi) is 2.29. The molecule has 0 saturated carbocycles. The van der Waals surface area contributed by atoms with Gasteiger partial charge in [-0.25, -0.2) is 4.79 Å². The van der Waals surface area contributed by atoms with Gasteiger partial charge < -0.3 is 14.7 Å². The Morgan fingerprint density at radius 2 is 2.27 bits per heavy atom. The molecule has 0 amide bonds. The normalized spacial score (nSPS) is 10.5. The van der Waals surface area contributed by atoms with Gasteiger partial charge in [0.25, 0.3) is 0 Å². The maximum Gasteiger partial charge on any atom is 0.341 e. The second-order valence-corrected chi connectivity index (χ2v) is 3.03. The number of pyridine rings is 1. The zero-order valence-electron chi connectivity index (χ0n) is 8.16. The zero-order valence-corrected chi connectivity index (χ0v) is 8.16. The average Bonchev–Trinajstić information content (AvgIpc) is 2.60. The van der Waals surface area contributed by atoms with Gasteiger partial charge in [-0.05, 0) is 13.0 Å². The number of esters is 1. The lowest BCUT2D eigenvalue weighted by molar-refractivity contribution is 0.0528. The van der Waals surface area contributed by atoms with Crippen LogP contribution in [0.25, 0.3) is 11.0 Å². The van der Waals surface area contributed by atoms with Crippen molar-refractivity contribution in [3.05, 3.63) is 34.2 Å². The van der Waals surface area contributed by atoms with Gasteiger partial charge in [0.2, 0.25) is 5.56 Å². The highest BCUT2D eigenvalue weighted by atomic mass is 16.5. The number of nitrogens with one attached hydrogen (secondary N) is 2. The largest absolute Gasteiger partial charge is 0.462 e. The molecule has 0 atom stereocenters. The van der Waals surface area contributed by atoms with Gasteiger partial charge in [0, 0.05) is 12.3 Å². The molecule has 78 valence electrons. The van der Waals surface area contributed by atoms with E-state index in [0.717, 1.165) is 0 Å². The van der Waals surface area contributed by atoms with Gasteiger partial charge in [-0.1, -0.05) is 0 Å². The minimum atomic E-state index is -0.439. The first-order chi connectivity index (χ1) is 7.22. The number of aromatic amines is 2. The third-order valence-electron chi connectivity index (χ3n) is 2.06. The number of hydrogen-bond acceptors (Lipinski definition) is 3. The predicted molar refractivity (Wildman–Crippen MR) is 54.9 cm³/mol. The molecule has 0 unspecified atom stereocenters. The number of aromatic nitrogens is 2. The molecule has 2 rings (SSSR count). The van der Waals surface area contributed by atoms with E-state index in [2.05, 4.69) is 9.97 Å². The van der Waals surface area contributed by atoms with E-state index >= 15 is 0 Å². The molecule has 2 N–H and O–H groups in total. The number of H-pyrrole nitrogens is 2. The van der Waals surface area contributed by atoms with Crippen LogP contribution in [0.5, 0.6) is 0 Å². The summed E-state index contributed by atoms with van der Waals surface area (Å²) in [5.41, 5.74) is 1.30. The van der Waals surface area contributed by atoms with Crippen molar-refractivity contribution in [2.75, 3.05) is 6.61 Å². The van der Waals surface area contributed by atoms with E-state index < -0.39 is 5.97 Å². The van der Waals surface area contributed by atoms with Crippen molar-refractivity contribution in [2.24, 2.45) is 0 Å². The Labute approximate surface area is 85.1 Å². The summed E-state index contributed by atoms with van der Waals surface area (Å²) in [6.07, 6.45) is 1.53. The van der Waals surface area contributed by atoms with Crippen molar-refractivity contribution in [2.45, 2.75) is 6.92 Å². The summed E-state index contributed by atoms with van der Waals surface area (Å²) in [7, 11) is 0. The Hall–Kier alpha value is -2.04. The molecule has 0 saturated heterocycles. The van der Waals surface area contributed by atoms with Gasteiger partial charge in [-0.2, -0.15) is 0 Å². The monoisotopic (exact) mass is 206 g/mol. The Balaban J connectivity index is 2.57. The second-order valence-electron chi connectivity index (χ2n) is 3.03. The van der Waals surface area contributed by atoms with Crippen molar-refractivity contribution >= 4 is 17.0 Å². The third-order valence-corrected chi connectivity index (χ3v) is 2.06. The number of hydrogen-bond donors (Lipinski definition) is 2. The molecular weight excluding hydrogens is 196 g/mol. The van der Waals surface area contributed by atoms with Crippen LogP contribution in [0.1, 0.15) is 17.3 Å². The molecule has 0 aliphatic rings. The number of fused-ring (bicyclic) bond motifs is 1. The predicted octanol–water partition coefficient (Wildman–Crippen LogP) is 1.03. The summed E-state index contributed by atoms with van der Waals surface area (Å²) in [6, 6.07) is 3.02. The van der Waals surface area contributed by atoms with Crippen LogP contribution in [0, 0.1) is 0 Å². The van der Waals surface area contributed by atoms with E-state index in [-0.39, 0.29) is 5.56 Å². The average molecular weight is 206 g/mol. The first-order valence-corrected chi connectivity index (χ1v) is 4.60. The van der Waals surface area contributed by atoms with Crippen LogP contribution >= 0.6 is 0 Å². The van der Waals surface area contributed by atoms with E-state index in [1.807, 2.05) is 0 Å². The minimum Gasteiger partial charge on any atom is -0.462 e. The van der Waals surface area contributed by atoms with Crippen molar-refractivity contribution in [1.82, 2.24) is 9.97 Å². The summed E-state index contributed by atoms with van der Waals surface area (Å²) in [5, 5.41) is 0. The zero-order chi connectivity index (χ0) is 10.8. The lowest BCUT2D eigenvalue weighted by Crippen LogP contribution is -2.07. The highest BCUT2D eigenvalue weighted by Gasteiger charge is 2.13. The SMILES string of the molecule is CCOC(=O)c1c[nH]c2ccc(=O)[nH]c12. The van der Waals surface area contributed by atoms with Crippen LogP contribution in [0.4, 0.5) is 0 Å². The highest BCUT2D eigenvalue weighted by molar-refractivity contribution is 6.02. The molecule has 15 heavy (non-hydrogen) atoms. The second kappa shape index (κ2) is 3.61. The molecule has 5 nitrogen and oxygen atoms in total. The molecule has 5 heteroatoms. The van der Waals surface area contributed by atoms with Crippen molar-refractivity contribution in [3.8, 4) is 0 Å². The lowest BCUT2D eigenvalue weighted by Gasteiger charge is -1.98. The van der Waals surface area contributed by atoms with Gasteiger partial charge in [-0.3, -0.25) is 4.79 Å². The fourth-order valence-corrected chi connectivity index (χ4v) is 1.40. The van der Waals surface area contributed by atoms with Crippen LogP contribution in [0.2, 0.25) is 0 Å². The van der Waals surface area contributed by atoms with E-state index in [9.17, 15) is 9.59 Å². The van der Waals surface area contributed by atoms with E-state index in [0.29, 0.717) is 23.2 Å². The molecule has 2 aromatic rings. The molecule has 0 aromatic carbocycles. The molecule has 0 spiro atoms. The van der Waals surface area contributed by atoms with Crippen LogP contribution < -0.4 is 5.56 Å². The molecule has 0 radical (unpaired) electrons. The summed E-state index contributed by atoms with van der Waals surface area (Å²) in [6.45, 7) is 2.04. The third kappa shape index (κ3) is 1.63. The van der Waals surface area contributed by atoms with E-state index in [1.54, 1.807) is 13.0 Å². The van der Waals surface area contributed by atoms with Crippen LogP contribution in [-0.4, -0.2) is 22.5 Å². The van der Waals surface area contributed by atoms with Crippen LogP contribution in [0.3, 0.4) is 0 Å². The van der Waals surface area contributed by atoms with Gasteiger partial charge in [0.1, 0.15) is 5.56 Å². The van der Waals surface area contributed by atoms with Gasteiger partial charge >= 0.3 is 5.97 Å². The molecule has 0 fully saturated rings. The smallest absolute Gasteiger partial charge is 0.341 e. The Morgan fingerprint density at radius 3 is 3.00 bits per heavy atom. The highest BCUT2D eigenvalue weighted by Crippen LogP contribution is 2.14. The number of ether oxygens (including phenoxy) is 1. The van der Waals surface area contributed by atoms with Gasteiger partial charge in [0.15, 0.2) is 0 Å². The maximum absolute atomic E-state index is 11.5. The Morgan fingerprint density at radius 1 is 1.47 bits per heavy atom. The number of carbonyl (C=O) groups excluding carboxylic acids is 1. The van der Waals surface area contributed by atoms with Crippen molar-refractivity contribution in [3.63, 3.8) is 0 Å². The van der Waals surface area contributed by atoms with Gasteiger partial charge in [-0.15, -0.1) is 0 Å². The first kappa shape index (κ1) is 9.51. The molecule has 0 aliphatic carbocycles. The fraction of sp³-hybridized carbons (Fsp3) is 0.200. The Bertz CT molecular complexity index is 553. The first-order valence-electron chi connectivity index (χ1n) is 4.60. The fourth-order valence-electron chi connectivity index (χ4n) is 1.40. The summed E-state index contributed by atoms with van der Waals surface area (Å²) in [4.78, 5) is 28.0. The quantitative estimate of drug-likeness (QED) is 0.720. The standard InChI is InChI=1S/C10H10N2O3/c1-2-15-10(14)6-5-11-7-3-4-8(13)12-9(6)7/h3-5,11H,2H2,1H3,(H,12,13). The van der Waals surface area contributed by atoms with Crippen molar-refractivity contribution < 1.29 is 9.53 Å².